The molecule has 0 saturated carbocycles. The molecule has 5 nitrogen and oxygen atoms in total. The fourth-order valence-corrected chi connectivity index (χ4v) is 5.24. The van der Waals surface area contributed by atoms with Crippen molar-refractivity contribution in [3.8, 4) is 11.5 Å². The van der Waals surface area contributed by atoms with Gasteiger partial charge in [-0.05, 0) is 73.2 Å². The van der Waals surface area contributed by atoms with Crippen LogP contribution in [0, 0.1) is 12.1 Å². The molecule has 42 heavy (non-hydrogen) atoms. The number of nitrogens with one attached hydrogen (secondary N) is 2. The molecule has 214 valence electrons. The average Bonchev–Trinajstić information content (AvgIpc) is 3.73. The highest BCUT2D eigenvalue weighted by Crippen LogP contribution is 2.31. The molecule has 0 aliphatic carbocycles. The van der Waals surface area contributed by atoms with Crippen molar-refractivity contribution in [2.75, 3.05) is 0 Å². The van der Waals surface area contributed by atoms with E-state index < -0.39 is 0 Å². The first-order valence-electron chi connectivity index (χ1n) is 14.0. The Labute approximate surface area is 250 Å². The molecule has 0 atom stereocenters. The number of nitrogens with zero attached hydrogens (tertiary/aromatic N) is 3. The summed E-state index contributed by atoms with van der Waals surface area (Å²) in [6, 6.07) is 15.9. The van der Waals surface area contributed by atoms with E-state index in [4.69, 9.17) is 4.98 Å². The first kappa shape index (κ1) is 30.3. The van der Waals surface area contributed by atoms with Gasteiger partial charge in [-0.25, -0.2) is 4.98 Å². The number of aromatic amines is 2. The van der Waals surface area contributed by atoms with Crippen LogP contribution in [0.3, 0.4) is 0 Å². The van der Waals surface area contributed by atoms with Gasteiger partial charge in [0.2, 0.25) is 0 Å². The molecule has 0 unspecified atom stereocenters. The first-order valence-corrected chi connectivity index (χ1v) is 14.8. The molecule has 0 bridgehead atoms. The molecule has 4 aromatic heterocycles. The van der Waals surface area contributed by atoms with Crippen LogP contribution in [0.2, 0.25) is 0 Å². The first-order chi connectivity index (χ1) is 20.4. The normalized spacial score (nSPS) is 12.3. The summed E-state index contributed by atoms with van der Waals surface area (Å²) in [5.41, 5.74) is 7.68. The highest BCUT2D eigenvalue weighted by atomic mass is 32.1. The molecule has 7 heteroatoms. The van der Waals surface area contributed by atoms with Crippen LogP contribution < -0.4 is 10.6 Å². The van der Waals surface area contributed by atoms with Gasteiger partial charge < -0.3 is 4.98 Å². The van der Waals surface area contributed by atoms with Crippen molar-refractivity contribution in [3.05, 3.63) is 134 Å². The number of imidazole rings is 1. The van der Waals surface area contributed by atoms with Crippen LogP contribution in [0.5, 0.6) is 0 Å². The third-order valence-corrected chi connectivity index (χ3v) is 7.59. The van der Waals surface area contributed by atoms with Gasteiger partial charge in [-0.3, -0.25) is 10.1 Å². The fourth-order valence-electron chi connectivity index (χ4n) is 4.48. The standard InChI is InChI=1S/C33H30FN5S.C2H6/c1-5-9-27(29-16-17-30(34)40-29)32-23(4)36-33(37-32)31-22(3)28(38-39-31)15-12-21(2)26-18-25(19-35-20-26)14-13-24-10-7-6-8-11-24;1-2/h5-12,15-20,38H,1,3,13-14H2,2,4H3,(H,36,37);1-2H3/b21-12+,27-9-,28-15+;. The molecule has 2 N–H and O–H groups in total. The van der Waals surface area contributed by atoms with Gasteiger partial charge in [0.25, 0.3) is 0 Å². The lowest BCUT2D eigenvalue weighted by atomic mass is 10.0. The molecule has 0 spiro atoms. The highest BCUT2D eigenvalue weighted by molar-refractivity contribution is 7.11. The summed E-state index contributed by atoms with van der Waals surface area (Å²) in [4.78, 5) is 13.4. The summed E-state index contributed by atoms with van der Waals surface area (Å²) in [6.45, 7) is 16.1. The van der Waals surface area contributed by atoms with Gasteiger partial charge in [0.1, 0.15) is 5.69 Å². The van der Waals surface area contributed by atoms with E-state index >= 15 is 0 Å². The molecule has 0 radical (unpaired) electrons. The van der Waals surface area contributed by atoms with Crippen molar-refractivity contribution in [2.45, 2.75) is 40.5 Å². The maximum absolute atomic E-state index is 13.7. The maximum Gasteiger partial charge on any atom is 0.176 e. The molecule has 0 aliphatic heterocycles. The zero-order valence-corrected chi connectivity index (χ0v) is 25.4. The minimum Gasteiger partial charge on any atom is -0.340 e. The summed E-state index contributed by atoms with van der Waals surface area (Å²) in [7, 11) is 0. The Bertz CT molecular complexity index is 1820. The number of allylic oxidation sites excluding steroid dienone is 4. The number of pyridine rings is 1. The van der Waals surface area contributed by atoms with E-state index in [1.54, 1.807) is 12.1 Å². The molecule has 0 amide bonds. The van der Waals surface area contributed by atoms with E-state index in [2.05, 4.69) is 70.6 Å². The number of hydrogen-bond donors (Lipinski definition) is 2. The lowest BCUT2D eigenvalue weighted by Gasteiger charge is -2.05. The number of aryl methyl sites for hydroxylation is 3. The summed E-state index contributed by atoms with van der Waals surface area (Å²) in [5, 5.41) is 8.85. The van der Waals surface area contributed by atoms with Crippen molar-refractivity contribution < 1.29 is 4.39 Å². The van der Waals surface area contributed by atoms with Gasteiger partial charge in [-0.1, -0.05) is 75.6 Å². The van der Waals surface area contributed by atoms with E-state index in [9.17, 15) is 4.39 Å². The van der Waals surface area contributed by atoms with Gasteiger partial charge in [0.15, 0.2) is 11.0 Å². The van der Waals surface area contributed by atoms with Crippen molar-refractivity contribution in [2.24, 2.45) is 0 Å². The molecule has 1 aromatic carbocycles. The molecule has 0 aliphatic rings. The summed E-state index contributed by atoms with van der Waals surface area (Å²) < 4.78 is 13.7. The monoisotopic (exact) mass is 577 g/mol. The summed E-state index contributed by atoms with van der Waals surface area (Å²) >= 11 is 1.07. The maximum atomic E-state index is 13.7. The summed E-state index contributed by atoms with van der Waals surface area (Å²) in [6.07, 6.45) is 13.3. The molecular formula is C35H36FN5S. The zero-order chi connectivity index (χ0) is 30.1. The van der Waals surface area contributed by atoms with Crippen molar-refractivity contribution >= 4 is 35.1 Å². The SMILES string of the molecule is C=C/C=C(/c1ccc(F)s1)c1nc(-c2n[nH]/c(=C/C=C(\C)c3cncc(CCc4ccccc4)c3)c2=C)[nH]c1C.CC. The molecule has 5 rings (SSSR count). The Kier molecular flexibility index (Phi) is 10.3. The Morgan fingerprint density at radius 3 is 2.50 bits per heavy atom. The number of thiophene rings is 1. The minimum atomic E-state index is -0.246. The van der Waals surface area contributed by atoms with E-state index in [-0.39, 0.29) is 5.13 Å². The Hall–Kier alpha value is -4.62. The molecule has 4 heterocycles. The predicted molar refractivity (Wildman–Crippen MR) is 175 cm³/mol. The van der Waals surface area contributed by atoms with Crippen LogP contribution in [0.25, 0.3) is 35.3 Å². The lowest BCUT2D eigenvalue weighted by Crippen LogP contribution is -2.21. The lowest BCUT2D eigenvalue weighted by molar-refractivity contribution is 0.657. The van der Waals surface area contributed by atoms with Gasteiger partial charge in [-0.2, -0.15) is 9.49 Å². The molecule has 0 saturated heterocycles. The number of aromatic nitrogens is 5. The number of hydrogen-bond acceptors (Lipinski definition) is 4. The second-order valence-electron chi connectivity index (χ2n) is 9.53. The van der Waals surface area contributed by atoms with E-state index in [1.807, 2.05) is 57.5 Å². The minimum absolute atomic E-state index is 0.246. The van der Waals surface area contributed by atoms with Crippen LogP contribution in [-0.4, -0.2) is 25.1 Å². The summed E-state index contributed by atoms with van der Waals surface area (Å²) in [5.74, 6) is 0.594. The van der Waals surface area contributed by atoms with Gasteiger partial charge in [0.05, 0.1) is 11.0 Å². The van der Waals surface area contributed by atoms with Crippen LogP contribution >= 0.6 is 11.3 Å². The third kappa shape index (κ3) is 7.17. The fraction of sp³-hybridized carbons (Fsp3) is 0.171. The van der Waals surface area contributed by atoms with E-state index in [0.717, 1.165) is 67.7 Å². The van der Waals surface area contributed by atoms with E-state index in [0.29, 0.717) is 11.5 Å². The molecular weight excluding hydrogens is 541 g/mol. The van der Waals surface area contributed by atoms with Crippen LogP contribution in [0.4, 0.5) is 4.39 Å². The smallest absolute Gasteiger partial charge is 0.176 e. The average molecular weight is 578 g/mol. The largest absolute Gasteiger partial charge is 0.340 e. The van der Waals surface area contributed by atoms with Crippen molar-refractivity contribution in [1.29, 1.82) is 0 Å². The predicted octanol–water partition coefficient (Wildman–Crippen LogP) is 7.43. The third-order valence-electron chi connectivity index (χ3n) is 6.68. The Morgan fingerprint density at radius 1 is 1.02 bits per heavy atom. The van der Waals surface area contributed by atoms with Crippen LogP contribution in [0.1, 0.15) is 53.7 Å². The second kappa shape index (κ2) is 14.3. The highest BCUT2D eigenvalue weighted by Gasteiger charge is 2.17. The molecule has 5 aromatic rings. The topological polar surface area (TPSA) is 70.2 Å². The molecule has 0 fully saturated rings. The van der Waals surface area contributed by atoms with Crippen LogP contribution in [-0.2, 0) is 12.8 Å². The van der Waals surface area contributed by atoms with Gasteiger partial charge in [0, 0.05) is 33.8 Å². The Morgan fingerprint density at radius 2 is 1.79 bits per heavy atom. The van der Waals surface area contributed by atoms with E-state index in [1.165, 1.54) is 17.2 Å². The van der Waals surface area contributed by atoms with Crippen LogP contribution in [0.15, 0.2) is 85.7 Å². The number of H-pyrrole nitrogens is 2. The van der Waals surface area contributed by atoms with Crippen molar-refractivity contribution in [1.82, 2.24) is 25.1 Å². The zero-order valence-electron chi connectivity index (χ0n) is 24.5. The van der Waals surface area contributed by atoms with Gasteiger partial charge in [-0.15, -0.1) is 11.3 Å². The second-order valence-corrected chi connectivity index (χ2v) is 10.6. The quantitative estimate of drug-likeness (QED) is 0.179. The van der Waals surface area contributed by atoms with Gasteiger partial charge >= 0.3 is 0 Å². The number of rotatable bonds is 9. The number of benzene rings is 1. The Balaban J connectivity index is 0.00000198. The number of halogens is 1. The van der Waals surface area contributed by atoms with Crippen molar-refractivity contribution in [3.63, 3.8) is 0 Å².